The zero-order valence-corrected chi connectivity index (χ0v) is 17.6. The lowest BCUT2D eigenvalue weighted by molar-refractivity contribution is -0.137. The number of alkyl halides is 3. The molecule has 1 atom stereocenters. The van der Waals surface area contributed by atoms with E-state index in [1.807, 2.05) is 30.3 Å². The number of amides is 1. The molecule has 166 valence electrons. The van der Waals surface area contributed by atoms with Crippen LogP contribution in [0.3, 0.4) is 0 Å². The number of benzene rings is 2. The van der Waals surface area contributed by atoms with Crippen molar-refractivity contribution in [3.63, 3.8) is 0 Å². The van der Waals surface area contributed by atoms with Crippen LogP contribution in [0.2, 0.25) is 0 Å². The standard InChI is InChI=1S/C26H20F3N3O/c27-26(28,29)20-7-1-5-18(16-20)22-8-2-9-23(31-22)24-10-4-14-32(24)25(33)19-11-12-21-17(15-19)6-3-13-30-21/h1-3,5-9,11-13,15-16,24H,4,10,14H2. The van der Waals surface area contributed by atoms with Crippen molar-refractivity contribution in [2.24, 2.45) is 0 Å². The maximum absolute atomic E-state index is 13.3. The number of pyridine rings is 2. The first-order valence-electron chi connectivity index (χ1n) is 10.7. The van der Waals surface area contributed by atoms with Crippen LogP contribution in [0.5, 0.6) is 0 Å². The third-order valence-electron chi connectivity index (χ3n) is 5.96. The van der Waals surface area contributed by atoms with Crippen LogP contribution in [0.25, 0.3) is 22.2 Å². The number of hydrogen-bond acceptors (Lipinski definition) is 3. The number of nitrogens with zero attached hydrogens (tertiary/aromatic N) is 3. The van der Waals surface area contributed by atoms with Crippen LogP contribution in [0.4, 0.5) is 13.2 Å². The Hall–Kier alpha value is -3.74. The van der Waals surface area contributed by atoms with Crippen LogP contribution >= 0.6 is 0 Å². The van der Waals surface area contributed by atoms with Crippen LogP contribution < -0.4 is 0 Å². The van der Waals surface area contributed by atoms with Crippen molar-refractivity contribution in [1.82, 2.24) is 14.9 Å². The first-order valence-corrected chi connectivity index (χ1v) is 10.7. The number of carbonyl (C=O) groups excluding carboxylic acids is 1. The number of carbonyl (C=O) groups is 1. The molecule has 2 aromatic heterocycles. The average molecular weight is 447 g/mol. The van der Waals surface area contributed by atoms with Crippen LogP contribution in [0, 0.1) is 0 Å². The molecule has 0 aliphatic carbocycles. The molecule has 1 aliphatic rings. The molecule has 1 unspecified atom stereocenters. The summed E-state index contributed by atoms with van der Waals surface area (Å²) in [5, 5.41) is 0.892. The van der Waals surface area contributed by atoms with Gasteiger partial charge in [-0.25, -0.2) is 0 Å². The summed E-state index contributed by atoms with van der Waals surface area (Å²) in [6.07, 6.45) is -1.12. The van der Waals surface area contributed by atoms with E-state index in [-0.39, 0.29) is 11.9 Å². The topological polar surface area (TPSA) is 46.1 Å². The second kappa shape index (κ2) is 8.31. The summed E-state index contributed by atoms with van der Waals surface area (Å²) in [5.41, 5.74) is 2.21. The Kier molecular flexibility index (Phi) is 5.32. The fourth-order valence-corrected chi connectivity index (χ4v) is 4.34. The number of likely N-dealkylation sites (tertiary alicyclic amines) is 1. The third kappa shape index (κ3) is 4.18. The van der Waals surface area contributed by atoms with E-state index in [9.17, 15) is 18.0 Å². The van der Waals surface area contributed by atoms with Gasteiger partial charge in [0.1, 0.15) is 0 Å². The first kappa shape index (κ1) is 21.1. The molecule has 2 aromatic carbocycles. The molecule has 1 amide bonds. The second-order valence-corrected chi connectivity index (χ2v) is 8.09. The highest BCUT2D eigenvalue weighted by Crippen LogP contribution is 2.35. The third-order valence-corrected chi connectivity index (χ3v) is 5.96. The van der Waals surface area contributed by atoms with Crippen molar-refractivity contribution in [3.8, 4) is 11.3 Å². The molecule has 7 heteroatoms. The average Bonchev–Trinajstić information content (AvgIpc) is 3.33. The zero-order valence-electron chi connectivity index (χ0n) is 17.6. The lowest BCUT2D eigenvalue weighted by Gasteiger charge is -2.25. The minimum atomic E-state index is -4.42. The highest BCUT2D eigenvalue weighted by molar-refractivity contribution is 5.98. The highest BCUT2D eigenvalue weighted by atomic mass is 19.4. The number of hydrogen-bond donors (Lipinski definition) is 0. The van der Waals surface area contributed by atoms with Gasteiger partial charge in [0.2, 0.25) is 0 Å². The molecule has 0 spiro atoms. The van der Waals surface area contributed by atoms with Gasteiger partial charge in [-0.05, 0) is 61.4 Å². The van der Waals surface area contributed by atoms with Crippen LogP contribution in [0.15, 0.2) is 79.0 Å². The Morgan fingerprint density at radius 2 is 1.82 bits per heavy atom. The lowest BCUT2D eigenvalue weighted by Crippen LogP contribution is -2.31. The van der Waals surface area contributed by atoms with Crippen molar-refractivity contribution in [1.29, 1.82) is 0 Å². The lowest BCUT2D eigenvalue weighted by atomic mass is 10.0. The van der Waals surface area contributed by atoms with E-state index in [4.69, 9.17) is 0 Å². The van der Waals surface area contributed by atoms with Crippen molar-refractivity contribution < 1.29 is 18.0 Å². The number of fused-ring (bicyclic) bond motifs is 1. The Balaban J connectivity index is 1.45. The van der Waals surface area contributed by atoms with Gasteiger partial charge in [0.15, 0.2) is 0 Å². The fourth-order valence-electron chi connectivity index (χ4n) is 4.34. The van der Waals surface area contributed by atoms with Gasteiger partial charge < -0.3 is 4.90 Å². The predicted octanol–water partition coefficient (Wildman–Crippen LogP) is 6.29. The van der Waals surface area contributed by atoms with Crippen molar-refractivity contribution in [2.45, 2.75) is 25.1 Å². The smallest absolute Gasteiger partial charge is 0.330 e. The molecule has 33 heavy (non-hydrogen) atoms. The largest absolute Gasteiger partial charge is 0.416 e. The van der Waals surface area contributed by atoms with E-state index >= 15 is 0 Å². The molecule has 0 N–H and O–H groups in total. The first-order chi connectivity index (χ1) is 15.9. The molecule has 5 rings (SSSR count). The minimum absolute atomic E-state index is 0.0884. The van der Waals surface area contributed by atoms with Gasteiger partial charge in [-0.3, -0.25) is 14.8 Å². The van der Waals surface area contributed by atoms with Crippen molar-refractivity contribution in [3.05, 3.63) is 95.8 Å². The Labute approximate surface area is 188 Å². The molecule has 0 bridgehead atoms. The molecule has 1 saturated heterocycles. The normalized spacial score (nSPS) is 16.3. The minimum Gasteiger partial charge on any atom is -0.330 e. The van der Waals surface area contributed by atoms with Crippen LogP contribution in [-0.2, 0) is 6.18 Å². The van der Waals surface area contributed by atoms with E-state index in [0.717, 1.165) is 35.9 Å². The predicted molar refractivity (Wildman–Crippen MR) is 119 cm³/mol. The van der Waals surface area contributed by atoms with Gasteiger partial charge in [-0.2, -0.15) is 13.2 Å². The summed E-state index contributed by atoms with van der Waals surface area (Å²) >= 11 is 0. The van der Waals surface area contributed by atoms with Gasteiger partial charge in [-0.15, -0.1) is 0 Å². The van der Waals surface area contributed by atoms with Crippen molar-refractivity contribution >= 4 is 16.8 Å². The molecule has 0 saturated carbocycles. The van der Waals surface area contributed by atoms with Gasteiger partial charge in [0, 0.05) is 29.3 Å². The fraction of sp³-hybridized carbons (Fsp3) is 0.192. The SMILES string of the molecule is O=C(c1ccc2ncccc2c1)N1CCCC1c1cccc(-c2cccc(C(F)(F)F)c2)n1. The molecular formula is C26H20F3N3O. The maximum atomic E-state index is 13.3. The summed E-state index contributed by atoms with van der Waals surface area (Å²) in [6, 6.07) is 19.4. The van der Waals surface area contributed by atoms with E-state index < -0.39 is 11.7 Å². The highest BCUT2D eigenvalue weighted by Gasteiger charge is 2.32. The molecule has 1 fully saturated rings. The van der Waals surface area contributed by atoms with E-state index in [1.165, 1.54) is 6.07 Å². The summed E-state index contributed by atoms with van der Waals surface area (Å²) < 4.78 is 39.4. The Morgan fingerprint density at radius 1 is 0.970 bits per heavy atom. The van der Waals surface area contributed by atoms with Gasteiger partial charge in [0.05, 0.1) is 28.5 Å². The molecule has 4 nitrogen and oxygen atoms in total. The van der Waals surface area contributed by atoms with E-state index in [2.05, 4.69) is 9.97 Å². The molecule has 1 aliphatic heterocycles. The monoisotopic (exact) mass is 447 g/mol. The Morgan fingerprint density at radius 3 is 2.67 bits per heavy atom. The van der Waals surface area contributed by atoms with E-state index in [1.54, 1.807) is 35.4 Å². The molecule has 4 aromatic rings. The number of aromatic nitrogens is 2. The molecule has 3 heterocycles. The second-order valence-electron chi connectivity index (χ2n) is 8.09. The quantitative estimate of drug-likeness (QED) is 0.371. The number of halogens is 3. The maximum Gasteiger partial charge on any atom is 0.416 e. The van der Waals surface area contributed by atoms with Gasteiger partial charge in [0.25, 0.3) is 5.91 Å². The summed E-state index contributed by atoms with van der Waals surface area (Å²) in [7, 11) is 0. The van der Waals surface area contributed by atoms with E-state index in [0.29, 0.717) is 29.1 Å². The number of rotatable bonds is 3. The zero-order chi connectivity index (χ0) is 23.0. The van der Waals surface area contributed by atoms with Gasteiger partial charge >= 0.3 is 6.18 Å². The Bertz CT molecular complexity index is 1340. The summed E-state index contributed by atoms with van der Waals surface area (Å²) in [4.78, 5) is 24.1. The summed E-state index contributed by atoms with van der Waals surface area (Å²) in [6.45, 7) is 0.601. The van der Waals surface area contributed by atoms with Gasteiger partial charge in [-0.1, -0.05) is 24.3 Å². The van der Waals surface area contributed by atoms with Crippen LogP contribution in [-0.4, -0.2) is 27.3 Å². The molecule has 0 radical (unpaired) electrons. The van der Waals surface area contributed by atoms with Crippen molar-refractivity contribution in [2.75, 3.05) is 6.54 Å². The van der Waals surface area contributed by atoms with Crippen LogP contribution in [0.1, 0.15) is 40.5 Å². The molecular weight excluding hydrogens is 427 g/mol. The summed E-state index contributed by atoms with van der Waals surface area (Å²) in [5.74, 6) is -0.0884.